The van der Waals surface area contributed by atoms with Gasteiger partial charge in [-0.05, 0) is 74.1 Å². The van der Waals surface area contributed by atoms with E-state index in [0.29, 0.717) is 6.04 Å². The summed E-state index contributed by atoms with van der Waals surface area (Å²) in [7, 11) is 0. The zero-order chi connectivity index (χ0) is 23.9. The Kier molecular flexibility index (Phi) is 5.81. The van der Waals surface area contributed by atoms with Crippen molar-refractivity contribution >= 4 is 28.1 Å². The second-order valence-corrected chi connectivity index (χ2v) is 10.4. The number of thiocarbonyl (C=S) groups is 1. The zero-order valence-electron chi connectivity index (χ0n) is 20.4. The molecule has 0 radical (unpaired) electrons. The van der Waals surface area contributed by atoms with E-state index in [1.54, 1.807) is 0 Å². The topological polar surface area (TPSA) is 33.1 Å². The molecule has 0 spiro atoms. The molecule has 1 saturated heterocycles. The third-order valence-corrected chi connectivity index (χ3v) is 8.23. The summed E-state index contributed by atoms with van der Waals surface area (Å²) in [6.07, 6.45) is 8.18. The van der Waals surface area contributed by atoms with E-state index < -0.39 is 0 Å². The lowest BCUT2D eigenvalue weighted by molar-refractivity contribution is 0.197. The second kappa shape index (κ2) is 9.12. The fourth-order valence-electron chi connectivity index (χ4n) is 6.31. The van der Waals surface area contributed by atoms with Gasteiger partial charge < -0.3 is 14.8 Å². The highest BCUT2D eigenvalue weighted by Crippen LogP contribution is 2.44. The van der Waals surface area contributed by atoms with Gasteiger partial charge in [-0.1, -0.05) is 61.7 Å². The van der Waals surface area contributed by atoms with Crippen molar-refractivity contribution in [2.75, 3.05) is 0 Å². The summed E-state index contributed by atoms with van der Waals surface area (Å²) in [6, 6.07) is 24.4. The minimum Gasteiger partial charge on any atom is -0.352 e. The van der Waals surface area contributed by atoms with Gasteiger partial charge in [0.2, 0.25) is 0 Å². The monoisotopic (exact) mass is 480 g/mol. The number of aromatic nitrogens is 2. The molecular weight excluding hydrogens is 448 g/mol. The van der Waals surface area contributed by atoms with Gasteiger partial charge in [-0.15, -0.1) is 0 Å². The Bertz CT molecular complexity index is 1360. The summed E-state index contributed by atoms with van der Waals surface area (Å²) >= 11 is 6.00. The van der Waals surface area contributed by atoms with E-state index in [0.717, 1.165) is 10.8 Å². The highest BCUT2D eigenvalue weighted by Gasteiger charge is 2.44. The van der Waals surface area contributed by atoms with Crippen molar-refractivity contribution in [3.63, 3.8) is 0 Å². The smallest absolute Gasteiger partial charge is 0.170 e. The molecule has 1 N–H and O–H groups in total. The van der Waals surface area contributed by atoms with Crippen molar-refractivity contribution in [2.24, 2.45) is 0 Å². The number of hydrogen-bond donors (Lipinski definition) is 1. The largest absolute Gasteiger partial charge is 0.352 e. The summed E-state index contributed by atoms with van der Waals surface area (Å²) in [4.78, 5) is 7.27. The van der Waals surface area contributed by atoms with Gasteiger partial charge in [-0.2, -0.15) is 0 Å². The zero-order valence-corrected chi connectivity index (χ0v) is 21.3. The van der Waals surface area contributed by atoms with Crippen LogP contribution in [0, 0.1) is 13.8 Å². The quantitative estimate of drug-likeness (QED) is 0.321. The maximum Gasteiger partial charge on any atom is 0.170 e. The third kappa shape index (κ3) is 3.82. The van der Waals surface area contributed by atoms with Crippen LogP contribution in [0.4, 0.5) is 0 Å². The van der Waals surface area contributed by atoms with Crippen molar-refractivity contribution < 1.29 is 0 Å². The molecule has 0 bridgehead atoms. The molecule has 2 aliphatic rings. The first kappa shape index (κ1) is 22.3. The van der Waals surface area contributed by atoms with Gasteiger partial charge in [0.25, 0.3) is 0 Å². The summed E-state index contributed by atoms with van der Waals surface area (Å²) in [5.41, 5.74) is 6.14. The molecule has 0 unspecified atom stereocenters. The van der Waals surface area contributed by atoms with E-state index in [9.17, 15) is 0 Å². The van der Waals surface area contributed by atoms with Crippen LogP contribution in [0.25, 0.3) is 16.5 Å². The Morgan fingerprint density at radius 3 is 2.49 bits per heavy atom. The van der Waals surface area contributed by atoms with Gasteiger partial charge in [-0.25, -0.2) is 0 Å². The van der Waals surface area contributed by atoms with Crippen LogP contribution in [-0.4, -0.2) is 25.6 Å². The van der Waals surface area contributed by atoms with E-state index in [2.05, 4.69) is 89.3 Å². The van der Waals surface area contributed by atoms with Crippen LogP contribution < -0.4 is 5.32 Å². The van der Waals surface area contributed by atoms with Gasteiger partial charge in [0, 0.05) is 29.0 Å². The Hall–Kier alpha value is -3.18. The first-order valence-corrected chi connectivity index (χ1v) is 13.2. The Balaban J connectivity index is 1.51. The van der Waals surface area contributed by atoms with E-state index in [1.807, 2.05) is 12.3 Å². The maximum atomic E-state index is 6.00. The average Bonchev–Trinajstić information content (AvgIpc) is 3.39. The molecule has 2 aromatic carbocycles. The minimum atomic E-state index is 0.0343. The van der Waals surface area contributed by atoms with Crippen molar-refractivity contribution in [1.82, 2.24) is 19.8 Å². The standard InChI is InChI=1S/C30H32N4S/c1-20-19-25(21(2)33(20)27-17-10-12-22-11-6-7-15-24(22)27)29-28(26-16-8-9-18-31-26)32-30(35)34(29)23-13-4-3-5-14-23/h6-12,15-19,23,28-29H,3-5,13-14H2,1-2H3,(H,32,35)/t28-,29+/m1/s1. The molecule has 4 nitrogen and oxygen atoms in total. The molecule has 1 saturated carbocycles. The highest BCUT2D eigenvalue weighted by molar-refractivity contribution is 7.80. The van der Waals surface area contributed by atoms with Crippen LogP contribution >= 0.6 is 12.2 Å². The van der Waals surface area contributed by atoms with E-state index in [-0.39, 0.29) is 12.1 Å². The maximum absolute atomic E-state index is 6.00. The number of rotatable bonds is 4. The fourth-order valence-corrected chi connectivity index (χ4v) is 6.70. The number of nitrogens with one attached hydrogen (secondary N) is 1. The number of fused-ring (bicyclic) bond motifs is 1. The van der Waals surface area contributed by atoms with Crippen molar-refractivity contribution in [3.8, 4) is 5.69 Å². The number of nitrogens with zero attached hydrogens (tertiary/aromatic N) is 3. The first-order chi connectivity index (χ1) is 17.1. The van der Waals surface area contributed by atoms with E-state index in [1.165, 1.54) is 65.5 Å². The second-order valence-electron chi connectivity index (χ2n) is 9.99. The highest BCUT2D eigenvalue weighted by atomic mass is 32.1. The Labute approximate surface area is 213 Å². The average molecular weight is 481 g/mol. The van der Waals surface area contributed by atoms with E-state index in [4.69, 9.17) is 17.2 Å². The molecule has 2 fully saturated rings. The fraction of sp³-hybridized carbons (Fsp3) is 0.333. The molecule has 2 atom stereocenters. The third-order valence-electron chi connectivity index (χ3n) is 7.90. The number of pyridine rings is 1. The molecule has 35 heavy (non-hydrogen) atoms. The molecule has 1 aliphatic carbocycles. The summed E-state index contributed by atoms with van der Waals surface area (Å²) in [5.74, 6) is 0. The van der Waals surface area contributed by atoms with Crippen molar-refractivity contribution in [3.05, 3.63) is 95.6 Å². The van der Waals surface area contributed by atoms with Crippen molar-refractivity contribution in [2.45, 2.75) is 64.1 Å². The molecule has 178 valence electrons. The molecule has 2 aromatic heterocycles. The normalized spacial score (nSPS) is 21.0. The molecule has 4 aromatic rings. The van der Waals surface area contributed by atoms with Crippen LogP contribution in [0.1, 0.15) is 66.8 Å². The molecule has 5 heteroatoms. The lowest BCUT2D eigenvalue weighted by Crippen LogP contribution is -2.40. The van der Waals surface area contributed by atoms with E-state index >= 15 is 0 Å². The SMILES string of the molecule is Cc1cc([C@H]2[C@@H](c3ccccn3)NC(=S)N2C2CCCCC2)c(C)n1-c1cccc2ccccc12. The van der Waals surface area contributed by atoms with Crippen LogP contribution in [-0.2, 0) is 0 Å². The van der Waals surface area contributed by atoms with Gasteiger partial charge in [0.1, 0.15) is 0 Å². The van der Waals surface area contributed by atoms with Gasteiger partial charge in [0.05, 0.1) is 23.5 Å². The van der Waals surface area contributed by atoms with Crippen LogP contribution in [0.2, 0.25) is 0 Å². The molecular formula is C30H32N4S. The van der Waals surface area contributed by atoms with Crippen molar-refractivity contribution in [1.29, 1.82) is 0 Å². The number of aryl methyl sites for hydroxylation is 1. The van der Waals surface area contributed by atoms with Crippen LogP contribution in [0.5, 0.6) is 0 Å². The Morgan fingerprint density at radius 2 is 1.69 bits per heavy atom. The summed E-state index contributed by atoms with van der Waals surface area (Å²) in [5, 5.41) is 7.08. The van der Waals surface area contributed by atoms with Crippen LogP contribution in [0.15, 0.2) is 72.9 Å². The van der Waals surface area contributed by atoms with Gasteiger partial charge in [0.15, 0.2) is 5.11 Å². The predicted molar refractivity (Wildman–Crippen MR) is 147 cm³/mol. The summed E-state index contributed by atoms with van der Waals surface area (Å²) in [6.45, 7) is 4.49. The number of hydrogen-bond acceptors (Lipinski definition) is 2. The lowest BCUT2D eigenvalue weighted by Gasteiger charge is -2.37. The summed E-state index contributed by atoms with van der Waals surface area (Å²) < 4.78 is 2.42. The number of benzene rings is 2. The Morgan fingerprint density at radius 1 is 0.914 bits per heavy atom. The predicted octanol–water partition coefficient (Wildman–Crippen LogP) is 6.95. The van der Waals surface area contributed by atoms with Gasteiger partial charge in [-0.3, -0.25) is 4.98 Å². The molecule has 3 heterocycles. The van der Waals surface area contributed by atoms with Crippen LogP contribution in [0.3, 0.4) is 0 Å². The molecule has 0 amide bonds. The molecule has 1 aliphatic heterocycles. The molecule has 6 rings (SSSR count). The first-order valence-electron chi connectivity index (χ1n) is 12.8. The minimum absolute atomic E-state index is 0.0343. The van der Waals surface area contributed by atoms with Gasteiger partial charge >= 0.3 is 0 Å². The lowest BCUT2D eigenvalue weighted by atomic mass is 9.90.